The van der Waals surface area contributed by atoms with E-state index in [1.165, 1.54) is 24.3 Å². The Kier molecular flexibility index (Phi) is 2.34. The lowest BCUT2D eigenvalue weighted by Gasteiger charge is -1.99. The van der Waals surface area contributed by atoms with E-state index >= 15 is 0 Å². The van der Waals surface area contributed by atoms with E-state index in [0.29, 0.717) is 0 Å². The highest BCUT2D eigenvalue weighted by atomic mass is 16.8. The van der Waals surface area contributed by atoms with Crippen molar-refractivity contribution in [3.63, 3.8) is 0 Å². The highest BCUT2D eigenvalue weighted by Crippen LogP contribution is 2.18. The highest BCUT2D eigenvalue weighted by molar-refractivity contribution is 5.50. The van der Waals surface area contributed by atoms with Gasteiger partial charge in [0.2, 0.25) is 0 Å². The van der Waals surface area contributed by atoms with E-state index in [2.05, 4.69) is 0 Å². The maximum atomic E-state index is 10.3. The fourth-order valence-electron chi connectivity index (χ4n) is 0.822. The van der Waals surface area contributed by atoms with Crippen LogP contribution in [0.15, 0.2) is 24.3 Å². The number of rotatable bonds is 2. The van der Waals surface area contributed by atoms with Gasteiger partial charge in [-0.2, -0.15) is 10.4 Å². The number of nitro benzene ring substituents is 1. The van der Waals surface area contributed by atoms with Crippen LogP contribution >= 0.6 is 0 Å². The lowest BCUT2D eigenvalue weighted by molar-refractivity contribution is -1.19. The van der Waals surface area contributed by atoms with Crippen molar-refractivity contribution in [2.24, 2.45) is 0 Å². The van der Waals surface area contributed by atoms with E-state index in [0.717, 1.165) is 0 Å². The van der Waals surface area contributed by atoms with Crippen molar-refractivity contribution < 1.29 is 20.6 Å². The average Bonchev–Trinajstić information content (AvgIpc) is 2.04. The van der Waals surface area contributed by atoms with Crippen molar-refractivity contribution in [1.82, 2.24) is 0 Å². The van der Waals surface area contributed by atoms with Gasteiger partial charge in [0.25, 0.3) is 5.69 Å². The van der Waals surface area contributed by atoms with Crippen LogP contribution in [0.25, 0.3) is 0 Å². The average molecular weight is 171 g/mol. The summed E-state index contributed by atoms with van der Waals surface area (Å²) in [6.45, 7) is 0. The molecule has 0 heterocycles. The van der Waals surface area contributed by atoms with Gasteiger partial charge >= 0.3 is 5.69 Å². The van der Waals surface area contributed by atoms with Crippen LogP contribution in [-0.4, -0.2) is 15.3 Å². The topological polar surface area (TPSA) is 88.0 Å². The first-order valence-electron chi connectivity index (χ1n) is 3.11. The monoisotopic (exact) mass is 171 g/mol. The summed E-state index contributed by atoms with van der Waals surface area (Å²) in [5.41, 5.74) is -0.500. The van der Waals surface area contributed by atoms with Gasteiger partial charge in [-0.05, 0) is 5.23 Å². The Balaban J connectivity index is 3.17. The molecule has 0 amide bonds. The number of hydrogen-bond donors (Lipinski definition) is 3. The molecule has 12 heavy (non-hydrogen) atoms. The fraction of sp³-hybridized carbons (Fsp3) is 0. The number of nitro groups is 1. The molecular formula is C6H7N2O4+. The maximum Gasteiger partial charge on any atom is 0.335 e. The van der Waals surface area contributed by atoms with Crippen LogP contribution in [0, 0.1) is 10.1 Å². The van der Waals surface area contributed by atoms with E-state index in [-0.39, 0.29) is 11.4 Å². The van der Waals surface area contributed by atoms with Crippen molar-refractivity contribution in [3.8, 4) is 0 Å². The molecule has 0 aromatic heterocycles. The molecule has 0 fully saturated rings. The summed E-state index contributed by atoms with van der Waals surface area (Å²) in [4.78, 5) is 9.62. The van der Waals surface area contributed by atoms with Gasteiger partial charge in [0.1, 0.15) is 0 Å². The Labute approximate surface area is 67.3 Å². The minimum absolute atomic E-state index is 0.178. The van der Waals surface area contributed by atoms with Crippen LogP contribution in [0.5, 0.6) is 0 Å². The van der Waals surface area contributed by atoms with Crippen LogP contribution in [0.4, 0.5) is 11.4 Å². The second-order valence-electron chi connectivity index (χ2n) is 2.10. The van der Waals surface area contributed by atoms with Crippen LogP contribution in [0.3, 0.4) is 0 Å². The number of nitrogens with zero attached hydrogens (tertiary/aromatic N) is 1. The Hall–Kier alpha value is -1.50. The molecule has 1 aromatic carbocycles. The minimum atomic E-state index is -1.04. The largest absolute Gasteiger partial charge is 0.335 e. The third-order valence-electron chi connectivity index (χ3n) is 1.34. The predicted octanol–water partition coefficient (Wildman–Crippen LogP) is -0.110. The van der Waals surface area contributed by atoms with E-state index in [1.807, 2.05) is 0 Å². The van der Waals surface area contributed by atoms with Gasteiger partial charge in [-0.3, -0.25) is 10.1 Å². The zero-order valence-electron chi connectivity index (χ0n) is 5.97. The van der Waals surface area contributed by atoms with Crippen molar-refractivity contribution in [3.05, 3.63) is 34.4 Å². The first-order valence-corrected chi connectivity index (χ1v) is 3.11. The van der Waals surface area contributed by atoms with Gasteiger partial charge in [-0.1, -0.05) is 12.1 Å². The number of para-hydroxylation sites is 2. The van der Waals surface area contributed by atoms with E-state index < -0.39 is 10.1 Å². The van der Waals surface area contributed by atoms with Gasteiger partial charge in [0, 0.05) is 12.1 Å². The summed E-state index contributed by atoms with van der Waals surface area (Å²) >= 11 is 0. The third-order valence-corrected chi connectivity index (χ3v) is 1.34. The minimum Gasteiger partial charge on any atom is -0.258 e. The SMILES string of the molecule is O=[N+]([O-])c1ccccc1[NH+](O)O. The summed E-state index contributed by atoms with van der Waals surface area (Å²) in [5.74, 6) is 0. The quantitative estimate of drug-likeness (QED) is 0.428. The van der Waals surface area contributed by atoms with Gasteiger partial charge in [-0.25, -0.2) is 0 Å². The molecule has 0 atom stereocenters. The van der Waals surface area contributed by atoms with Crippen molar-refractivity contribution >= 4 is 11.4 Å². The maximum absolute atomic E-state index is 10.3. The number of benzene rings is 1. The summed E-state index contributed by atoms with van der Waals surface area (Å²) in [6, 6.07) is 5.38. The number of hydrogen-bond acceptors (Lipinski definition) is 4. The van der Waals surface area contributed by atoms with Crippen molar-refractivity contribution in [2.75, 3.05) is 0 Å². The molecule has 0 unspecified atom stereocenters. The summed E-state index contributed by atoms with van der Waals surface area (Å²) in [6.07, 6.45) is 0. The van der Waals surface area contributed by atoms with E-state index in [1.54, 1.807) is 0 Å². The molecular weight excluding hydrogens is 164 g/mol. The zero-order chi connectivity index (χ0) is 9.14. The zero-order valence-corrected chi connectivity index (χ0v) is 5.97. The lowest BCUT2D eigenvalue weighted by Crippen LogP contribution is -3.02. The predicted molar refractivity (Wildman–Crippen MR) is 37.3 cm³/mol. The molecule has 0 radical (unpaired) electrons. The lowest BCUT2D eigenvalue weighted by atomic mass is 10.3. The van der Waals surface area contributed by atoms with Crippen LogP contribution < -0.4 is 5.23 Å². The van der Waals surface area contributed by atoms with Gasteiger partial charge in [-0.15, -0.1) is 0 Å². The Morgan fingerprint density at radius 3 is 2.33 bits per heavy atom. The van der Waals surface area contributed by atoms with E-state index in [4.69, 9.17) is 10.4 Å². The van der Waals surface area contributed by atoms with Crippen molar-refractivity contribution in [2.45, 2.75) is 0 Å². The standard InChI is InChI=1S/C6H6N2O4/c9-7(10)5-3-1-2-4-6(5)8(11)12/h1-4,9-10H/p+1. The molecule has 0 aliphatic carbocycles. The highest BCUT2D eigenvalue weighted by Gasteiger charge is 2.21. The molecule has 0 spiro atoms. The molecule has 0 aliphatic rings. The van der Waals surface area contributed by atoms with Crippen molar-refractivity contribution in [1.29, 1.82) is 0 Å². The van der Waals surface area contributed by atoms with Crippen LogP contribution in [-0.2, 0) is 0 Å². The second-order valence-corrected chi connectivity index (χ2v) is 2.10. The fourth-order valence-corrected chi connectivity index (χ4v) is 0.822. The summed E-state index contributed by atoms with van der Waals surface area (Å²) < 4.78 is 0. The smallest absolute Gasteiger partial charge is 0.258 e. The van der Waals surface area contributed by atoms with Crippen LogP contribution in [0.2, 0.25) is 0 Å². The second kappa shape index (κ2) is 3.26. The summed E-state index contributed by atoms with van der Waals surface area (Å²) in [5, 5.41) is 26.5. The first kappa shape index (κ1) is 8.60. The Morgan fingerprint density at radius 1 is 1.33 bits per heavy atom. The molecule has 1 rings (SSSR count). The summed E-state index contributed by atoms with van der Waals surface area (Å²) in [7, 11) is 0. The molecule has 0 saturated heterocycles. The molecule has 64 valence electrons. The van der Waals surface area contributed by atoms with Gasteiger partial charge in [0.15, 0.2) is 0 Å². The molecule has 3 N–H and O–H groups in total. The molecule has 0 bridgehead atoms. The molecule has 6 nitrogen and oxygen atoms in total. The van der Waals surface area contributed by atoms with Gasteiger partial charge < -0.3 is 0 Å². The third kappa shape index (κ3) is 1.56. The molecule has 1 aromatic rings. The Bertz CT molecular complexity index is 299. The van der Waals surface area contributed by atoms with Gasteiger partial charge in [0.05, 0.1) is 4.92 Å². The normalized spacial score (nSPS) is 10.2. The molecule has 0 saturated carbocycles. The molecule has 0 aliphatic heterocycles. The van der Waals surface area contributed by atoms with E-state index in [9.17, 15) is 10.1 Å². The number of quaternary nitrogens is 1. The van der Waals surface area contributed by atoms with Crippen LogP contribution in [0.1, 0.15) is 0 Å². The number of nitrogens with one attached hydrogen (secondary N) is 1. The Morgan fingerprint density at radius 2 is 1.92 bits per heavy atom. The molecule has 6 heteroatoms. The first-order chi connectivity index (χ1) is 5.63.